The molecule has 0 bridgehead atoms. The summed E-state index contributed by atoms with van der Waals surface area (Å²) in [6, 6.07) is 4.77. The fourth-order valence-electron chi connectivity index (χ4n) is 1.60. The van der Waals surface area contributed by atoms with Gasteiger partial charge in [0.2, 0.25) is 0 Å². The topological polar surface area (TPSA) is 37.3 Å². The largest absolute Gasteiger partial charge is 0.481 e. The second-order valence-corrected chi connectivity index (χ2v) is 4.34. The first kappa shape index (κ1) is 9.65. The van der Waals surface area contributed by atoms with Crippen LogP contribution < -0.4 is 0 Å². The average Bonchev–Trinajstić information content (AvgIpc) is 2.90. The van der Waals surface area contributed by atoms with Gasteiger partial charge < -0.3 is 5.11 Å². The van der Waals surface area contributed by atoms with Crippen LogP contribution in [0.3, 0.4) is 0 Å². The van der Waals surface area contributed by atoms with Gasteiger partial charge in [-0.2, -0.15) is 0 Å². The van der Waals surface area contributed by atoms with Crippen molar-refractivity contribution in [1.29, 1.82) is 0 Å². The summed E-state index contributed by atoms with van der Waals surface area (Å²) < 4.78 is 13.9. The number of carbonyl (C=O) groups is 1. The van der Waals surface area contributed by atoms with Gasteiger partial charge in [0.05, 0.1) is 9.89 Å². The van der Waals surface area contributed by atoms with E-state index < -0.39 is 17.2 Å². The normalized spacial score (nSPS) is 17.9. The first-order valence-electron chi connectivity index (χ1n) is 4.26. The fourth-order valence-corrected chi connectivity index (χ4v) is 1.96. The van der Waals surface area contributed by atoms with Crippen molar-refractivity contribution in [1.82, 2.24) is 0 Å². The molecular formula is C10H8BrFO2. The Morgan fingerprint density at radius 3 is 2.64 bits per heavy atom. The van der Waals surface area contributed by atoms with E-state index in [-0.39, 0.29) is 0 Å². The number of hydrogen-bond donors (Lipinski definition) is 1. The van der Waals surface area contributed by atoms with E-state index in [1.165, 1.54) is 0 Å². The number of rotatable bonds is 2. The van der Waals surface area contributed by atoms with Crippen LogP contribution >= 0.6 is 15.9 Å². The molecule has 1 fully saturated rings. The molecule has 0 aromatic heterocycles. The summed E-state index contributed by atoms with van der Waals surface area (Å²) in [5.41, 5.74) is -0.673. The van der Waals surface area contributed by atoms with Crippen molar-refractivity contribution in [2.75, 3.05) is 0 Å². The fraction of sp³-hybridized carbons (Fsp3) is 0.300. The van der Waals surface area contributed by atoms with Gasteiger partial charge in [0.25, 0.3) is 0 Å². The lowest BCUT2D eigenvalue weighted by molar-refractivity contribution is -0.140. The lowest BCUT2D eigenvalue weighted by Gasteiger charge is -2.11. The molecule has 74 valence electrons. The van der Waals surface area contributed by atoms with Gasteiger partial charge in [-0.25, -0.2) is 4.39 Å². The summed E-state index contributed by atoms with van der Waals surface area (Å²) in [6.45, 7) is 0. The standard InChI is InChI=1S/C10H8BrFO2/c11-7-3-1-2-6(8(7)12)10(4-5-10)9(13)14/h1-3H,4-5H2,(H,13,14). The van der Waals surface area contributed by atoms with E-state index >= 15 is 0 Å². The highest BCUT2D eigenvalue weighted by Crippen LogP contribution is 2.49. The van der Waals surface area contributed by atoms with Gasteiger partial charge in [0, 0.05) is 5.56 Å². The van der Waals surface area contributed by atoms with Gasteiger partial charge in [-0.1, -0.05) is 12.1 Å². The van der Waals surface area contributed by atoms with Crippen LogP contribution in [-0.2, 0) is 10.2 Å². The summed E-state index contributed by atoms with van der Waals surface area (Å²) in [5, 5.41) is 8.99. The van der Waals surface area contributed by atoms with Crippen molar-refractivity contribution in [2.45, 2.75) is 18.3 Å². The van der Waals surface area contributed by atoms with Gasteiger partial charge in [0.15, 0.2) is 0 Å². The Kier molecular flexibility index (Phi) is 2.10. The molecule has 0 unspecified atom stereocenters. The number of carboxylic acids is 1. The highest BCUT2D eigenvalue weighted by Gasteiger charge is 2.53. The van der Waals surface area contributed by atoms with Crippen LogP contribution in [0.2, 0.25) is 0 Å². The molecule has 1 aromatic carbocycles. The zero-order valence-electron chi connectivity index (χ0n) is 7.26. The van der Waals surface area contributed by atoms with E-state index in [0.29, 0.717) is 22.9 Å². The Hall–Kier alpha value is -0.900. The zero-order chi connectivity index (χ0) is 10.3. The quantitative estimate of drug-likeness (QED) is 0.886. The Morgan fingerprint density at radius 1 is 1.50 bits per heavy atom. The molecule has 1 saturated carbocycles. The van der Waals surface area contributed by atoms with Gasteiger partial charge in [-0.15, -0.1) is 0 Å². The molecule has 0 aliphatic heterocycles. The first-order chi connectivity index (χ1) is 6.58. The van der Waals surface area contributed by atoms with E-state index in [1.807, 2.05) is 0 Å². The van der Waals surface area contributed by atoms with E-state index in [9.17, 15) is 9.18 Å². The Balaban J connectivity index is 2.52. The Labute approximate surface area is 88.9 Å². The third kappa shape index (κ3) is 1.25. The van der Waals surface area contributed by atoms with E-state index in [4.69, 9.17) is 5.11 Å². The molecule has 1 aliphatic carbocycles. The van der Waals surface area contributed by atoms with Crippen LogP contribution in [0.15, 0.2) is 22.7 Å². The number of carboxylic acid groups (broad SMARTS) is 1. The van der Waals surface area contributed by atoms with Crippen LogP contribution in [-0.4, -0.2) is 11.1 Å². The van der Waals surface area contributed by atoms with Gasteiger partial charge in [0.1, 0.15) is 5.82 Å². The van der Waals surface area contributed by atoms with Crippen molar-refractivity contribution < 1.29 is 14.3 Å². The summed E-state index contributed by atoms with van der Waals surface area (Å²) >= 11 is 3.05. The summed E-state index contributed by atoms with van der Waals surface area (Å²) in [5.74, 6) is -1.39. The third-order valence-corrected chi connectivity index (χ3v) is 3.24. The number of aliphatic carboxylic acids is 1. The minimum absolute atomic E-state index is 0.291. The molecule has 0 spiro atoms. The minimum Gasteiger partial charge on any atom is -0.481 e. The minimum atomic E-state index is -0.964. The molecule has 0 atom stereocenters. The molecule has 14 heavy (non-hydrogen) atoms. The third-order valence-electron chi connectivity index (χ3n) is 2.63. The Bertz CT molecular complexity index is 399. The first-order valence-corrected chi connectivity index (χ1v) is 5.05. The molecule has 1 aliphatic rings. The second-order valence-electron chi connectivity index (χ2n) is 3.49. The van der Waals surface area contributed by atoms with Crippen molar-refractivity contribution in [3.05, 3.63) is 34.1 Å². The van der Waals surface area contributed by atoms with Crippen LogP contribution in [0.5, 0.6) is 0 Å². The number of benzene rings is 1. The van der Waals surface area contributed by atoms with Crippen molar-refractivity contribution in [3.8, 4) is 0 Å². The predicted octanol–water partition coefficient (Wildman–Crippen LogP) is 2.70. The second kappa shape index (κ2) is 3.05. The van der Waals surface area contributed by atoms with Crippen LogP contribution in [0, 0.1) is 5.82 Å². The maximum Gasteiger partial charge on any atom is 0.314 e. The van der Waals surface area contributed by atoms with Gasteiger partial charge in [-0.3, -0.25) is 4.79 Å². The highest BCUT2D eigenvalue weighted by atomic mass is 79.9. The SMILES string of the molecule is O=C(O)C1(c2cccc(Br)c2F)CC1. The van der Waals surface area contributed by atoms with E-state index in [2.05, 4.69) is 15.9 Å². The smallest absolute Gasteiger partial charge is 0.314 e. The lowest BCUT2D eigenvalue weighted by atomic mass is 9.96. The summed E-state index contributed by atoms with van der Waals surface area (Å²) in [6.07, 6.45) is 1.05. The monoisotopic (exact) mass is 258 g/mol. The lowest BCUT2D eigenvalue weighted by Crippen LogP contribution is -2.21. The zero-order valence-corrected chi connectivity index (χ0v) is 8.84. The van der Waals surface area contributed by atoms with E-state index in [1.54, 1.807) is 18.2 Å². The molecule has 4 heteroatoms. The highest BCUT2D eigenvalue weighted by molar-refractivity contribution is 9.10. The molecule has 1 aromatic rings. The van der Waals surface area contributed by atoms with Crippen LogP contribution in [0.25, 0.3) is 0 Å². The van der Waals surface area contributed by atoms with Gasteiger partial charge in [-0.05, 0) is 34.8 Å². The molecule has 0 radical (unpaired) electrons. The maximum absolute atomic E-state index is 13.6. The average molecular weight is 259 g/mol. The van der Waals surface area contributed by atoms with Crippen molar-refractivity contribution >= 4 is 21.9 Å². The summed E-state index contributed by atoms with van der Waals surface area (Å²) in [4.78, 5) is 11.0. The predicted molar refractivity (Wildman–Crippen MR) is 52.6 cm³/mol. The molecule has 2 nitrogen and oxygen atoms in total. The van der Waals surface area contributed by atoms with Crippen LogP contribution in [0.1, 0.15) is 18.4 Å². The molecule has 0 saturated heterocycles. The summed E-state index contributed by atoms with van der Waals surface area (Å²) in [7, 11) is 0. The number of hydrogen-bond acceptors (Lipinski definition) is 1. The molecule has 1 N–H and O–H groups in total. The molecule has 0 heterocycles. The van der Waals surface area contributed by atoms with E-state index in [0.717, 1.165) is 0 Å². The van der Waals surface area contributed by atoms with Gasteiger partial charge >= 0.3 is 5.97 Å². The van der Waals surface area contributed by atoms with Crippen molar-refractivity contribution in [3.63, 3.8) is 0 Å². The molecule has 2 rings (SSSR count). The molecular weight excluding hydrogens is 251 g/mol. The van der Waals surface area contributed by atoms with Crippen molar-refractivity contribution in [2.24, 2.45) is 0 Å². The maximum atomic E-state index is 13.6. The number of halogens is 2. The molecule has 0 amide bonds. The van der Waals surface area contributed by atoms with Crippen LogP contribution in [0.4, 0.5) is 4.39 Å². The Morgan fingerprint density at radius 2 is 2.14 bits per heavy atom.